The lowest BCUT2D eigenvalue weighted by Gasteiger charge is -2.25. The lowest BCUT2D eigenvalue weighted by molar-refractivity contribution is 0.350. The maximum Gasteiger partial charge on any atom is 0.130 e. The van der Waals surface area contributed by atoms with Crippen LogP contribution in [0.2, 0.25) is 0 Å². The number of aliphatic imine (C=N–C) groups is 1. The third kappa shape index (κ3) is 5.41. The average Bonchev–Trinajstić information content (AvgIpc) is 2.95. The monoisotopic (exact) mass is 344 g/mol. The van der Waals surface area contributed by atoms with E-state index in [4.69, 9.17) is 17.2 Å². The summed E-state index contributed by atoms with van der Waals surface area (Å²) in [4.78, 5) is 5.82. The van der Waals surface area contributed by atoms with Gasteiger partial charge in [-0.15, -0.1) is 0 Å². The van der Waals surface area contributed by atoms with Crippen molar-refractivity contribution in [3.63, 3.8) is 0 Å². The molecule has 0 aromatic heterocycles. The number of benzene rings is 1. The summed E-state index contributed by atoms with van der Waals surface area (Å²) >= 11 is 5.56. The lowest BCUT2D eigenvalue weighted by atomic mass is 9.99. The molecule has 2 nitrogen and oxygen atoms in total. The fourth-order valence-electron chi connectivity index (χ4n) is 3.37. The molecule has 0 radical (unpaired) electrons. The van der Waals surface area contributed by atoms with Gasteiger partial charge in [0.15, 0.2) is 0 Å². The van der Waals surface area contributed by atoms with Crippen LogP contribution in [0.3, 0.4) is 0 Å². The molecule has 0 fully saturated rings. The van der Waals surface area contributed by atoms with Crippen molar-refractivity contribution in [2.24, 2.45) is 4.99 Å². The van der Waals surface area contributed by atoms with Gasteiger partial charge in [-0.2, -0.15) is 0 Å². The minimum atomic E-state index is -0.176. The van der Waals surface area contributed by atoms with Gasteiger partial charge in [0.25, 0.3) is 0 Å². The number of nitrogens with one attached hydrogen (secondary N) is 1. The second-order valence-electron chi connectivity index (χ2n) is 6.89. The predicted octanol–water partition coefficient (Wildman–Crippen LogP) is 6.04. The first-order chi connectivity index (χ1) is 11.7. The predicted molar refractivity (Wildman–Crippen MR) is 109 cm³/mol. The molecule has 1 aliphatic heterocycles. The van der Waals surface area contributed by atoms with E-state index in [2.05, 4.69) is 31.3 Å². The Labute approximate surface area is 153 Å². The van der Waals surface area contributed by atoms with Gasteiger partial charge in [-0.1, -0.05) is 101 Å². The zero-order valence-corrected chi connectivity index (χ0v) is 16.1. The molecule has 0 amide bonds. The molecule has 3 heteroatoms. The fourth-order valence-corrected chi connectivity index (χ4v) is 3.72. The summed E-state index contributed by atoms with van der Waals surface area (Å²) < 4.78 is 0. The SMILES string of the molecule is CCCCCCCCCCC1(CC)N=C(c2ccccc2)C(=S)N1. The number of thiocarbonyl (C=S) groups is 1. The highest BCUT2D eigenvalue weighted by molar-refractivity contribution is 7.82. The first-order valence-electron chi connectivity index (χ1n) is 9.68. The van der Waals surface area contributed by atoms with Gasteiger partial charge in [-0.25, -0.2) is 0 Å². The van der Waals surface area contributed by atoms with E-state index in [-0.39, 0.29) is 5.66 Å². The minimum Gasteiger partial charge on any atom is -0.351 e. The van der Waals surface area contributed by atoms with Crippen molar-refractivity contribution in [2.75, 3.05) is 0 Å². The van der Waals surface area contributed by atoms with Gasteiger partial charge < -0.3 is 5.32 Å². The number of unbranched alkanes of at least 4 members (excludes halogenated alkanes) is 7. The van der Waals surface area contributed by atoms with Gasteiger partial charge in [0, 0.05) is 5.56 Å². The van der Waals surface area contributed by atoms with Crippen LogP contribution in [0.4, 0.5) is 0 Å². The molecule has 132 valence electrons. The van der Waals surface area contributed by atoms with Crippen LogP contribution in [0.15, 0.2) is 35.3 Å². The molecule has 0 bridgehead atoms. The molecule has 1 N–H and O–H groups in total. The van der Waals surface area contributed by atoms with Crippen molar-refractivity contribution in [2.45, 2.75) is 83.7 Å². The summed E-state index contributed by atoms with van der Waals surface area (Å²) in [5.74, 6) is 0. The van der Waals surface area contributed by atoms with Crippen LogP contribution in [0, 0.1) is 0 Å². The molecule has 1 unspecified atom stereocenters. The Morgan fingerprint density at radius 2 is 1.54 bits per heavy atom. The molecular weight excluding hydrogens is 312 g/mol. The molecule has 1 aliphatic rings. The minimum absolute atomic E-state index is 0.176. The Morgan fingerprint density at radius 1 is 0.917 bits per heavy atom. The highest BCUT2D eigenvalue weighted by atomic mass is 32.1. The van der Waals surface area contributed by atoms with Gasteiger partial charge in [0.1, 0.15) is 16.4 Å². The molecule has 1 aromatic carbocycles. The van der Waals surface area contributed by atoms with Gasteiger partial charge >= 0.3 is 0 Å². The van der Waals surface area contributed by atoms with Crippen LogP contribution in [0.25, 0.3) is 0 Å². The van der Waals surface area contributed by atoms with Crippen LogP contribution >= 0.6 is 12.2 Å². The third-order valence-corrected chi connectivity index (χ3v) is 5.26. The van der Waals surface area contributed by atoms with E-state index >= 15 is 0 Å². The van der Waals surface area contributed by atoms with Gasteiger partial charge in [-0.05, 0) is 19.3 Å². The molecule has 0 saturated carbocycles. The second kappa shape index (κ2) is 9.93. The summed E-state index contributed by atoms with van der Waals surface area (Å²) in [6, 6.07) is 10.3. The standard InChI is InChI=1S/C21H32N2S/c1-3-5-6-7-8-9-10-14-17-21(4-2)22-19(20(24)23-21)18-15-12-11-13-16-18/h11-13,15-16H,3-10,14,17H2,1-2H3,(H,23,24). The summed E-state index contributed by atoms with van der Waals surface area (Å²) in [5.41, 5.74) is 1.91. The van der Waals surface area contributed by atoms with E-state index in [1.165, 1.54) is 51.4 Å². The lowest BCUT2D eigenvalue weighted by Crippen LogP contribution is -2.41. The molecule has 1 heterocycles. The zero-order valence-electron chi connectivity index (χ0n) is 15.3. The van der Waals surface area contributed by atoms with Gasteiger partial charge in [0.2, 0.25) is 0 Å². The molecule has 24 heavy (non-hydrogen) atoms. The Morgan fingerprint density at radius 3 is 2.17 bits per heavy atom. The van der Waals surface area contributed by atoms with Crippen molar-refractivity contribution in [1.29, 1.82) is 0 Å². The summed E-state index contributed by atoms with van der Waals surface area (Å²) in [6.45, 7) is 4.48. The summed E-state index contributed by atoms with van der Waals surface area (Å²) in [5, 5.41) is 3.51. The maximum atomic E-state index is 5.56. The Balaban J connectivity index is 1.82. The highest BCUT2D eigenvalue weighted by Crippen LogP contribution is 2.27. The van der Waals surface area contributed by atoms with Crippen molar-refractivity contribution in [3.8, 4) is 0 Å². The van der Waals surface area contributed by atoms with E-state index in [0.29, 0.717) is 0 Å². The first-order valence-corrected chi connectivity index (χ1v) is 10.1. The van der Waals surface area contributed by atoms with Crippen molar-refractivity contribution in [3.05, 3.63) is 35.9 Å². The molecule has 0 spiro atoms. The quantitative estimate of drug-likeness (QED) is 0.391. The largest absolute Gasteiger partial charge is 0.351 e. The topological polar surface area (TPSA) is 24.4 Å². The molecular formula is C21H32N2S. The van der Waals surface area contributed by atoms with Crippen LogP contribution in [-0.4, -0.2) is 16.4 Å². The first kappa shape index (κ1) is 19.1. The van der Waals surface area contributed by atoms with E-state index < -0.39 is 0 Å². The van der Waals surface area contributed by atoms with Crippen LogP contribution < -0.4 is 5.32 Å². The van der Waals surface area contributed by atoms with Crippen molar-refractivity contribution < 1.29 is 0 Å². The number of hydrogen-bond donors (Lipinski definition) is 1. The fraction of sp³-hybridized carbons (Fsp3) is 0.619. The molecule has 0 aliphatic carbocycles. The molecule has 1 atom stereocenters. The number of nitrogens with zero attached hydrogens (tertiary/aromatic N) is 1. The molecule has 2 rings (SSSR count). The highest BCUT2D eigenvalue weighted by Gasteiger charge is 2.35. The average molecular weight is 345 g/mol. The van der Waals surface area contributed by atoms with E-state index in [0.717, 1.165) is 29.1 Å². The van der Waals surface area contributed by atoms with E-state index in [1.807, 2.05) is 18.2 Å². The Hall–Kier alpha value is -1.22. The Kier molecular flexibility index (Phi) is 7.90. The van der Waals surface area contributed by atoms with Gasteiger partial charge in [0.05, 0.1) is 0 Å². The number of hydrogen-bond acceptors (Lipinski definition) is 2. The van der Waals surface area contributed by atoms with Gasteiger partial charge in [-0.3, -0.25) is 4.99 Å². The Bertz CT molecular complexity index is 538. The van der Waals surface area contributed by atoms with Crippen LogP contribution in [0.1, 0.15) is 83.6 Å². The van der Waals surface area contributed by atoms with Crippen LogP contribution in [0.5, 0.6) is 0 Å². The smallest absolute Gasteiger partial charge is 0.130 e. The maximum absolute atomic E-state index is 5.56. The molecule has 1 aromatic rings. The van der Waals surface area contributed by atoms with Crippen molar-refractivity contribution in [1.82, 2.24) is 5.32 Å². The number of rotatable bonds is 11. The zero-order chi connectivity index (χ0) is 17.3. The summed E-state index contributed by atoms with van der Waals surface area (Å²) in [6.07, 6.45) is 12.8. The second-order valence-corrected chi connectivity index (χ2v) is 7.30. The normalized spacial score (nSPS) is 20.1. The van der Waals surface area contributed by atoms with Crippen LogP contribution in [-0.2, 0) is 0 Å². The van der Waals surface area contributed by atoms with Crippen molar-refractivity contribution >= 4 is 22.9 Å². The third-order valence-electron chi connectivity index (χ3n) is 4.96. The summed E-state index contributed by atoms with van der Waals surface area (Å²) in [7, 11) is 0. The van der Waals surface area contributed by atoms with E-state index in [1.54, 1.807) is 0 Å². The molecule has 0 saturated heterocycles. The van der Waals surface area contributed by atoms with E-state index in [9.17, 15) is 0 Å².